The maximum Gasteiger partial charge on any atom is 0.326 e. The van der Waals surface area contributed by atoms with Gasteiger partial charge in [-0.15, -0.1) is 0 Å². The van der Waals surface area contributed by atoms with Crippen LogP contribution in [0.4, 0.5) is 0 Å². The minimum atomic E-state index is -1.29. The predicted octanol–water partition coefficient (Wildman–Crippen LogP) is -1.93. The zero-order chi connectivity index (χ0) is 29.5. The molecule has 1 rings (SSSR count). The zero-order valence-electron chi connectivity index (χ0n) is 22.3. The zero-order valence-corrected chi connectivity index (χ0v) is 22.3. The Labute approximate surface area is 227 Å². The molecular weight excluding hydrogens is 508 g/mol. The van der Waals surface area contributed by atoms with Gasteiger partial charge in [-0.1, -0.05) is 50.6 Å². The molecule has 0 radical (unpaired) electrons. The topological polar surface area (TPSA) is 258 Å². The number of primary amides is 1. The molecule has 0 fully saturated rings. The van der Waals surface area contributed by atoms with Crippen molar-refractivity contribution in [3.63, 3.8) is 0 Å². The Bertz CT molecular complexity index is 1020. The molecule has 0 spiro atoms. The lowest BCUT2D eigenvalue weighted by Crippen LogP contribution is -2.58. The molecular formula is C25H40N8O6. The highest BCUT2D eigenvalue weighted by atomic mass is 16.4. The molecule has 5 unspecified atom stereocenters. The summed E-state index contributed by atoms with van der Waals surface area (Å²) in [6, 6.07) is 4.04. The van der Waals surface area contributed by atoms with Crippen LogP contribution in [0.5, 0.6) is 0 Å². The lowest BCUT2D eigenvalue weighted by Gasteiger charge is -2.26. The van der Waals surface area contributed by atoms with Gasteiger partial charge in [-0.25, -0.2) is 4.79 Å². The third kappa shape index (κ3) is 12.3. The van der Waals surface area contributed by atoms with E-state index < -0.39 is 60.2 Å². The molecule has 0 bridgehead atoms. The van der Waals surface area contributed by atoms with Crippen LogP contribution in [0, 0.1) is 5.92 Å². The predicted molar refractivity (Wildman–Crippen MR) is 145 cm³/mol. The first-order chi connectivity index (χ1) is 18.3. The Morgan fingerprint density at radius 1 is 0.923 bits per heavy atom. The molecule has 14 nitrogen and oxygen atoms in total. The number of amides is 4. The second-order valence-corrected chi connectivity index (χ2v) is 9.25. The number of guanidine groups is 1. The summed E-state index contributed by atoms with van der Waals surface area (Å²) < 4.78 is 0. The maximum absolute atomic E-state index is 13.3. The number of nitrogens with zero attached hydrogens (tertiary/aromatic N) is 1. The average Bonchev–Trinajstić information content (AvgIpc) is 2.87. The van der Waals surface area contributed by atoms with E-state index in [0.29, 0.717) is 12.0 Å². The number of rotatable bonds is 17. The van der Waals surface area contributed by atoms with Crippen LogP contribution < -0.4 is 38.9 Å². The summed E-state index contributed by atoms with van der Waals surface area (Å²) in [6.45, 7) is 3.66. The number of aliphatic carboxylic acids is 1. The number of aliphatic imine (C=N–C) groups is 1. The van der Waals surface area contributed by atoms with E-state index in [2.05, 4.69) is 20.9 Å². The third-order valence-corrected chi connectivity index (χ3v) is 6.03. The van der Waals surface area contributed by atoms with Crippen LogP contribution in [0.15, 0.2) is 35.3 Å². The monoisotopic (exact) mass is 548 g/mol. The number of benzene rings is 1. The van der Waals surface area contributed by atoms with E-state index in [-0.39, 0.29) is 37.7 Å². The molecule has 0 saturated heterocycles. The highest BCUT2D eigenvalue weighted by Gasteiger charge is 2.32. The van der Waals surface area contributed by atoms with Crippen LogP contribution in [-0.2, 0) is 30.4 Å². The van der Waals surface area contributed by atoms with Crippen molar-refractivity contribution in [1.29, 1.82) is 0 Å². The number of carboxylic acid groups (broad SMARTS) is 1. The first-order valence-corrected chi connectivity index (χ1v) is 12.6. The molecule has 1 aromatic rings. The number of carboxylic acids is 1. The second kappa shape index (κ2) is 16.6. The van der Waals surface area contributed by atoms with E-state index in [1.807, 2.05) is 0 Å². The van der Waals surface area contributed by atoms with Gasteiger partial charge >= 0.3 is 5.97 Å². The lowest BCUT2D eigenvalue weighted by molar-refractivity contribution is -0.143. The first kappa shape index (κ1) is 32.8. The summed E-state index contributed by atoms with van der Waals surface area (Å²) in [7, 11) is 0. The van der Waals surface area contributed by atoms with Crippen molar-refractivity contribution in [2.45, 2.75) is 70.1 Å². The molecule has 1 aromatic carbocycles. The minimum Gasteiger partial charge on any atom is -0.480 e. The Balaban J connectivity index is 3.18. The third-order valence-electron chi connectivity index (χ3n) is 6.03. The molecule has 0 saturated carbocycles. The van der Waals surface area contributed by atoms with Gasteiger partial charge in [0.15, 0.2) is 5.96 Å². The van der Waals surface area contributed by atoms with Gasteiger partial charge in [0, 0.05) is 13.0 Å². The molecule has 14 heteroatoms. The highest BCUT2D eigenvalue weighted by Crippen LogP contribution is 2.11. The smallest absolute Gasteiger partial charge is 0.326 e. The molecule has 39 heavy (non-hydrogen) atoms. The van der Waals surface area contributed by atoms with Gasteiger partial charge < -0.3 is 44.0 Å². The van der Waals surface area contributed by atoms with Gasteiger partial charge in [0.1, 0.15) is 18.1 Å². The van der Waals surface area contributed by atoms with Gasteiger partial charge in [-0.3, -0.25) is 24.2 Å². The molecule has 0 aromatic heterocycles. The summed E-state index contributed by atoms with van der Waals surface area (Å²) in [5.74, 6) is -4.70. The number of carbonyl (C=O) groups is 5. The van der Waals surface area contributed by atoms with Crippen LogP contribution >= 0.6 is 0 Å². The highest BCUT2D eigenvalue weighted by molar-refractivity contribution is 5.95. The van der Waals surface area contributed by atoms with E-state index in [9.17, 15) is 29.1 Å². The van der Waals surface area contributed by atoms with Crippen molar-refractivity contribution in [2.24, 2.45) is 33.8 Å². The van der Waals surface area contributed by atoms with Crippen molar-refractivity contribution >= 4 is 35.6 Å². The Morgan fingerprint density at radius 2 is 1.51 bits per heavy atom. The Morgan fingerprint density at radius 3 is 2.05 bits per heavy atom. The number of carbonyl (C=O) groups excluding carboxylic acids is 4. The van der Waals surface area contributed by atoms with Crippen LogP contribution in [0.1, 0.15) is 45.1 Å². The van der Waals surface area contributed by atoms with Gasteiger partial charge in [0.2, 0.25) is 23.6 Å². The van der Waals surface area contributed by atoms with Crippen molar-refractivity contribution in [3.8, 4) is 0 Å². The first-order valence-electron chi connectivity index (χ1n) is 12.6. The SMILES string of the molecule is CCC(C)C(NC(=O)C(Cc1ccccc1)NC(=O)C(CCCN=C(N)N)NC(=O)C(N)CC(N)=O)C(=O)O. The molecule has 0 aliphatic heterocycles. The normalized spacial score (nSPS) is 14.5. The largest absolute Gasteiger partial charge is 0.480 e. The molecule has 0 aliphatic carbocycles. The number of hydrogen-bond acceptors (Lipinski definition) is 7. The fraction of sp³-hybridized carbons (Fsp3) is 0.520. The van der Waals surface area contributed by atoms with Gasteiger partial charge in [0.25, 0.3) is 0 Å². The van der Waals surface area contributed by atoms with Crippen LogP contribution in [0.25, 0.3) is 0 Å². The average molecular weight is 549 g/mol. The summed E-state index contributed by atoms with van der Waals surface area (Å²) in [5.41, 5.74) is 22.2. The second-order valence-electron chi connectivity index (χ2n) is 9.25. The summed E-state index contributed by atoms with van der Waals surface area (Å²) in [4.78, 5) is 65.9. The molecule has 216 valence electrons. The van der Waals surface area contributed by atoms with E-state index in [4.69, 9.17) is 22.9 Å². The van der Waals surface area contributed by atoms with Crippen molar-refractivity contribution in [2.75, 3.05) is 6.54 Å². The number of hydrogen-bond donors (Lipinski definition) is 8. The Kier molecular flexibility index (Phi) is 14.0. The quantitative estimate of drug-likeness (QED) is 0.0611. The van der Waals surface area contributed by atoms with E-state index in [0.717, 1.165) is 0 Å². The van der Waals surface area contributed by atoms with E-state index in [1.165, 1.54) is 0 Å². The maximum atomic E-state index is 13.3. The molecule has 0 heterocycles. The Hall–Kier alpha value is -4.20. The van der Waals surface area contributed by atoms with Crippen molar-refractivity contribution in [3.05, 3.63) is 35.9 Å². The van der Waals surface area contributed by atoms with Crippen LogP contribution in [0.3, 0.4) is 0 Å². The molecule has 4 amide bonds. The van der Waals surface area contributed by atoms with Gasteiger partial charge in [0.05, 0.1) is 12.5 Å². The van der Waals surface area contributed by atoms with Crippen LogP contribution in [-0.4, -0.2) is 71.4 Å². The lowest BCUT2D eigenvalue weighted by atomic mass is 9.98. The fourth-order valence-corrected chi connectivity index (χ4v) is 3.63. The fourth-order valence-electron chi connectivity index (χ4n) is 3.63. The summed E-state index contributed by atoms with van der Waals surface area (Å²) in [6.07, 6.45) is 0.483. The number of nitrogens with one attached hydrogen (secondary N) is 3. The van der Waals surface area contributed by atoms with Gasteiger partial charge in [-0.2, -0.15) is 0 Å². The molecule has 12 N–H and O–H groups in total. The standard InChI is InChI=1S/C25H40N8O6/c1-3-14(2)20(24(38)39)33-23(37)18(12-15-8-5-4-6-9-15)32-22(36)17(10-7-11-30-25(28)29)31-21(35)16(26)13-19(27)34/h4-6,8-9,14,16-18,20H,3,7,10-13,26H2,1-2H3,(H2,27,34)(H,31,35)(H,32,36)(H,33,37)(H,38,39)(H4,28,29,30). The van der Waals surface area contributed by atoms with E-state index >= 15 is 0 Å². The molecule has 0 aliphatic rings. The summed E-state index contributed by atoms with van der Waals surface area (Å²) in [5, 5.41) is 17.2. The molecule has 5 atom stereocenters. The van der Waals surface area contributed by atoms with Gasteiger partial charge in [-0.05, 0) is 24.3 Å². The summed E-state index contributed by atoms with van der Waals surface area (Å²) >= 11 is 0. The van der Waals surface area contributed by atoms with Crippen molar-refractivity contribution < 1.29 is 29.1 Å². The van der Waals surface area contributed by atoms with E-state index in [1.54, 1.807) is 44.2 Å². The minimum absolute atomic E-state index is 0.0567. The van der Waals surface area contributed by atoms with Crippen molar-refractivity contribution in [1.82, 2.24) is 16.0 Å². The van der Waals surface area contributed by atoms with Crippen LogP contribution in [0.2, 0.25) is 0 Å². The number of nitrogens with two attached hydrogens (primary N) is 4.